The van der Waals surface area contributed by atoms with Crippen LogP contribution in [0.15, 0.2) is 24.3 Å². The van der Waals surface area contributed by atoms with E-state index < -0.39 is 17.8 Å². The Morgan fingerprint density at radius 3 is 2.47 bits per heavy atom. The zero-order chi connectivity index (χ0) is 24.2. The number of rotatable bonds is 5. The number of aryl methyl sites for hydroxylation is 2. The third kappa shape index (κ3) is 4.03. The molecule has 5 rings (SSSR count). The van der Waals surface area contributed by atoms with Crippen LogP contribution in [0.4, 0.5) is 30.4 Å². The van der Waals surface area contributed by atoms with E-state index in [4.69, 9.17) is 10.7 Å². The molecule has 1 atom stereocenters. The number of alkyl halides is 3. The van der Waals surface area contributed by atoms with Crippen molar-refractivity contribution in [2.45, 2.75) is 70.6 Å². The second-order valence-electron chi connectivity index (χ2n) is 9.67. The number of halogens is 3. The highest BCUT2D eigenvalue weighted by Gasteiger charge is 2.32. The van der Waals surface area contributed by atoms with Gasteiger partial charge in [-0.1, -0.05) is 0 Å². The summed E-state index contributed by atoms with van der Waals surface area (Å²) in [5, 5.41) is 4.29. The largest absolute Gasteiger partial charge is 0.416 e. The van der Waals surface area contributed by atoms with E-state index in [1.54, 1.807) is 6.07 Å². The summed E-state index contributed by atoms with van der Waals surface area (Å²) in [6.07, 6.45) is 2.34. The predicted molar refractivity (Wildman–Crippen MR) is 130 cm³/mol. The number of nitrogen functional groups attached to an aromatic ring is 1. The molecule has 2 aromatic carbocycles. The molecule has 3 aromatic rings. The maximum Gasteiger partial charge on any atom is 0.416 e. The molecule has 0 aliphatic heterocycles. The van der Waals surface area contributed by atoms with Gasteiger partial charge in [-0.25, -0.2) is 9.97 Å². The number of anilines is 3. The molecule has 1 heterocycles. The lowest BCUT2D eigenvalue weighted by atomic mass is 9.90. The fourth-order valence-electron chi connectivity index (χ4n) is 5.23. The van der Waals surface area contributed by atoms with Crippen molar-refractivity contribution in [1.29, 1.82) is 0 Å². The van der Waals surface area contributed by atoms with E-state index in [0.29, 0.717) is 23.2 Å². The Bertz CT molecular complexity index is 1250. The molecule has 34 heavy (non-hydrogen) atoms. The molecule has 0 bridgehead atoms. The molecule has 1 aromatic heterocycles. The van der Waals surface area contributed by atoms with Crippen LogP contribution >= 0.6 is 0 Å². The number of aromatic nitrogens is 2. The molecule has 0 unspecified atom stereocenters. The number of hydrogen-bond acceptors (Lipinski definition) is 5. The molecule has 0 saturated heterocycles. The van der Waals surface area contributed by atoms with Gasteiger partial charge >= 0.3 is 6.18 Å². The molecule has 1 fully saturated rings. The average Bonchev–Trinajstić information content (AvgIpc) is 3.21. The highest BCUT2D eigenvalue weighted by molar-refractivity contribution is 5.96. The number of hydrogen-bond donors (Lipinski definition) is 2. The van der Waals surface area contributed by atoms with Crippen LogP contribution < -0.4 is 16.0 Å². The van der Waals surface area contributed by atoms with Gasteiger partial charge in [0.15, 0.2) is 0 Å². The number of benzene rings is 2. The number of fused-ring (bicyclic) bond motifs is 3. The summed E-state index contributed by atoms with van der Waals surface area (Å²) < 4.78 is 40.0. The van der Waals surface area contributed by atoms with E-state index >= 15 is 0 Å². The first kappa shape index (κ1) is 22.7. The third-order valence-corrected chi connectivity index (χ3v) is 7.31. The van der Waals surface area contributed by atoms with Crippen LogP contribution in [0.2, 0.25) is 0 Å². The summed E-state index contributed by atoms with van der Waals surface area (Å²) >= 11 is 0. The van der Waals surface area contributed by atoms with Crippen molar-refractivity contribution >= 4 is 28.1 Å². The Hall–Kier alpha value is -3.03. The molecule has 2 aliphatic rings. The Morgan fingerprint density at radius 1 is 1.06 bits per heavy atom. The molecular weight excluding hydrogens is 439 g/mol. The quantitative estimate of drug-likeness (QED) is 0.436. The maximum atomic E-state index is 13.3. The Kier molecular flexibility index (Phi) is 5.57. The summed E-state index contributed by atoms with van der Waals surface area (Å²) in [7, 11) is 2.17. The lowest BCUT2D eigenvalue weighted by molar-refractivity contribution is -0.137. The second-order valence-corrected chi connectivity index (χ2v) is 9.67. The van der Waals surface area contributed by atoms with E-state index in [0.717, 1.165) is 42.3 Å². The topological polar surface area (TPSA) is 67.1 Å². The van der Waals surface area contributed by atoms with Crippen molar-refractivity contribution < 1.29 is 13.2 Å². The van der Waals surface area contributed by atoms with Crippen molar-refractivity contribution in [2.75, 3.05) is 23.0 Å². The molecule has 2 aliphatic carbocycles. The van der Waals surface area contributed by atoms with Gasteiger partial charge in [-0.2, -0.15) is 13.2 Å². The highest BCUT2D eigenvalue weighted by Crippen LogP contribution is 2.41. The van der Waals surface area contributed by atoms with Crippen molar-refractivity contribution in [3.05, 3.63) is 52.3 Å². The monoisotopic (exact) mass is 469 g/mol. The minimum Gasteiger partial charge on any atom is -0.399 e. The first-order valence-electron chi connectivity index (χ1n) is 11.9. The fourth-order valence-corrected chi connectivity index (χ4v) is 5.23. The Balaban J connectivity index is 1.58. The molecule has 0 radical (unpaired) electrons. The Morgan fingerprint density at radius 2 is 1.79 bits per heavy atom. The second kappa shape index (κ2) is 8.32. The van der Waals surface area contributed by atoms with Gasteiger partial charge in [0.2, 0.25) is 0 Å². The van der Waals surface area contributed by atoms with Crippen LogP contribution in [0.1, 0.15) is 66.7 Å². The standard InChI is InChI=1S/C26H30F3N5/c1-14(16-10-17(26(27,28)29)12-18(30)11-16)31-25-22-13-23(34(3)19-6-4-7-19)20-8-5-9-21(20)24(22)32-15(2)33-25/h10-14,19H,4-9,30H2,1-3H3,(H,31,32,33)/t14-/m1/s1. The molecule has 5 nitrogen and oxygen atoms in total. The smallest absolute Gasteiger partial charge is 0.399 e. The van der Waals surface area contributed by atoms with Crippen LogP contribution in [0.25, 0.3) is 10.9 Å². The Labute approximate surface area is 197 Å². The highest BCUT2D eigenvalue weighted by atomic mass is 19.4. The van der Waals surface area contributed by atoms with Crippen LogP contribution in [-0.4, -0.2) is 23.1 Å². The molecular formula is C26H30F3N5. The van der Waals surface area contributed by atoms with Crippen LogP contribution in [0.3, 0.4) is 0 Å². The van der Waals surface area contributed by atoms with Crippen LogP contribution in [0.5, 0.6) is 0 Å². The number of nitrogens with two attached hydrogens (primary N) is 1. The zero-order valence-corrected chi connectivity index (χ0v) is 19.8. The molecule has 0 spiro atoms. The summed E-state index contributed by atoms with van der Waals surface area (Å²) in [5.74, 6) is 1.28. The minimum atomic E-state index is -4.45. The van der Waals surface area contributed by atoms with E-state index in [9.17, 15) is 13.2 Å². The maximum absolute atomic E-state index is 13.3. The molecule has 8 heteroatoms. The lowest BCUT2D eigenvalue weighted by Crippen LogP contribution is -2.37. The zero-order valence-electron chi connectivity index (χ0n) is 19.8. The average molecular weight is 470 g/mol. The van der Waals surface area contributed by atoms with Crippen LogP contribution in [0, 0.1) is 6.92 Å². The van der Waals surface area contributed by atoms with Crippen LogP contribution in [-0.2, 0) is 19.0 Å². The van der Waals surface area contributed by atoms with Gasteiger partial charge in [-0.05, 0) is 93.3 Å². The van der Waals surface area contributed by atoms with Gasteiger partial charge in [0.05, 0.1) is 17.1 Å². The normalized spacial score (nSPS) is 16.9. The first-order chi connectivity index (χ1) is 16.1. The molecule has 3 N–H and O–H groups in total. The number of nitrogens with zero attached hydrogens (tertiary/aromatic N) is 3. The summed E-state index contributed by atoms with van der Waals surface area (Å²) in [5.41, 5.74) is 10.4. The molecule has 1 saturated carbocycles. The molecule has 0 amide bonds. The lowest BCUT2D eigenvalue weighted by Gasteiger charge is -2.37. The van der Waals surface area contributed by atoms with E-state index in [1.807, 2.05) is 13.8 Å². The summed E-state index contributed by atoms with van der Waals surface area (Å²) in [4.78, 5) is 11.9. The van der Waals surface area contributed by atoms with E-state index in [1.165, 1.54) is 36.1 Å². The van der Waals surface area contributed by atoms with E-state index in [2.05, 4.69) is 28.3 Å². The van der Waals surface area contributed by atoms with Gasteiger partial charge < -0.3 is 16.0 Å². The minimum absolute atomic E-state index is 0.0874. The summed E-state index contributed by atoms with van der Waals surface area (Å²) in [6, 6.07) is 5.99. The third-order valence-electron chi connectivity index (χ3n) is 7.31. The van der Waals surface area contributed by atoms with Crippen molar-refractivity contribution in [1.82, 2.24) is 9.97 Å². The molecule has 180 valence electrons. The SMILES string of the molecule is Cc1nc(N[C@H](C)c2cc(N)cc(C(F)(F)F)c2)c2cc(N(C)C3CCC3)c3c(c2n1)CCC3. The summed E-state index contributed by atoms with van der Waals surface area (Å²) in [6.45, 7) is 3.68. The van der Waals surface area contributed by atoms with E-state index in [-0.39, 0.29) is 5.69 Å². The fraction of sp³-hybridized carbons (Fsp3) is 0.462. The van der Waals surface area contributed by atoms with Crippen molar-refractivity contribution in [3.8, 4) is 0 Å². The van der Waals surface area contributed by atoms with Gasteiger partial charge in [0, 0.05) is 29.9 Å². The van der Waals surface area contributed by atoms with Gasteiger partial charge in [-0.3, -0.25) is 0 Å². The van der Waals surface area contributed by atoms with Crippen molar-refractivity contribution in [2.24, 2.45) is 0 Å². The van der Waals surface area contributed by atoms with Gasteiger partial charge in [-0.15, -0.1) is 0 Å². The first-order valence-corrected chi connectivity index (χ1v) is 11.9. The van der Waals surface area contributed by atoms with Gasteiger partial charge in [0.1, 0.15) is 11.6 Å². The number of nitrogens with one attached hydrogen (secondary N) is 1. The predicted octanol–water partition coefficient (Wildman–Crippen LogP) is 6.19. The van der Waals surface area contributed by atoms with Crippen molar-refractivity contribution in [3.63, 3.8) is 0 Å². The van der Waals surface area contributed by atoms with Gasteiger partial charge in [0.25, 0.3) is 0 Å².